The van der Waals surface area contributed by atoms with Crippen LogP contribution in [0.5, 0.6) is 5.75 Å². The number of hydrogen-bond acceptors (Lipinski definition) is 2. The van der Waals surface area contributed by atoms with Crippen molar-refractivity contribution in [3.63, 3.8) is 0 Å². The summed E-state index contributed by atoms with van der Waals surface area (Å²) in [6.07, 6.45) is 0. The van der Waals surface area contributed by atoms with Crippen molar-refractivity contribution < 1.29 is 4.74 Å². The smallest absolute Gasteiger partial charge is 0.120 e. The van der Waals surface area contributed by atoms with Crippen LogP contribution in [0.25, 0.3) is 0 Å². The van der Waals surface area contributed by atoms with Gasteiger partial charge in [-0.25, -0.2) is 0 Å². The number of aryl methyl sites for hydroxylation is 1. The molecule has 1 nitrogen and oxygen atoms in total. The SMILES string of the molecule is COc1cc(C)cc(SCC(C)C)c1. The fourth-order valence-corrected chi connectivity index (χ4v) is 2.17. The zero-order valence-electron chi connectivity index (χ0n) is 9.33. The normalized spacial score (nSPS) is 10.6. The molecule has 0 aliphatic carbocycles. The molecule has 1 aromatic rings. The number of ether oxygens (including phenoxy) is 1. The summed E-state index contributed by atoms with van der Waals surface area (Å²) in [7, 11) is 1.71. The predicted octanol–water partition coefficient (Wildman–Crippen LogP) is 3.75. The highest BCUT2D eigenvalue weighted by Gasteiger charge is 2.01. The Bertz CT molecular complexity index is 294. The van der Waals surface area contributed by atoms with Gasteiger partial charge < -0.3 is 4.74 Å². The molecule has 0 fully saturated rings. The number of rotatable bonds is 4. The second-order valence-corrected chi connectivity index (χ2v) is 4.98. The van der Waals surface area contributed by atoms with E-state index in [0.29, 0.717) is 0 Å². The van der Waals surface area contributed by atoms with Gasteiger partial charge in [-0.3, -0.25) is 0 Å². The van der Waals surface area contributed by atoms with Crippen molar-refractivity contribution in [2.75, 3.05) is 12.9 Å². The van der Waals surface area contributed by atoms with Crippen molar-refractivity contribution in [3.8, 4) is 5.75 Å². The lowest BCUT2D eigenvalue weighted by Crippen LogP contribution is -1.91. The van der Waals surface area contributed by atoms with E-state index in [-0.39, 0.29) is 0 Å². The second-order valence-electron chi connectivity index (χ2n) is 3.89. The lowest BCUT2D eigenvalue weighted by atomic mass is 10.2. The van der Waals surface area contributed by atoms with Crippen LogP contribution in [-0.2, 0) is 0 Å². The molecule has 78 valence electrons. The van der Waals surface area contributed by atoms with E-state index < -0.39 is 0 Å². The zero-order valence-corrected chi connectivity index (χ0v) is 10.1. The van der Waals surface area contributed by atoms with Gasteiger partial charge in [0.1, 0.15) is 5.75 Å². The molecule has 1 rings (SSSR count). The predicted molar refractivity (Wildman–Crippen MR) is 63.3 cm³/mol. The average Bonchev–Trinajstić information content (AvgIpc) is 2.14. The number of thioether (sulfide) groups is 1. The van der Waals surface area contributed by atoms with Crippen LogP contribution in [0.1, 0.15) is 19.4 Å². The van der Waals surface area contributed by atoms with Crippen LogP contribution < -0.4 is 4.74 Å². The number of methoxy groups -OCH3 is 1. The van der Waals surface area contributed by atoms with Gasteiger partial charge in [-0.2, -0.15) is 0 Å². The quantitative estimate of drug-likeness (QED) is 0.700. The molecular weight excluding hydrogens is 192 g/mol. The largest absolute Gasteiger partial charge is 0.497 e. The summed E-state index contributed by atoms with van der Waals surface area (Å²) in [5, 5.41) is 0. The topological polar surface area (TPSA) is 9.23 Å². The zero-order chi connectivity index (χ0) is 10.6. The van der Waals surface area contributed by atoms with Gasteiger partial charge in [0.25, 0.3) is 0 Å². The van der Waals surface area contributed by atoms with Crippen molar-refractivity contribution in [2.24, 2.45) is 5.92 Å². The highest BCUT2D eigenvalue weighted by molar-refractivity contribution is 7.99. The van der Waals surface area contributed by atoms with E-state index >= 15 is 0 Å². The summed E-state index contributed by atoms with van der Waals surface area (Å²) in [5.41, 5.74) is 1.26. The first-order valence-corrected chi connectivity index (χ1v) is 5.89. The van der Waals surface area contributed by atoms with Gasteiger partial charge >= 0.3 is 0 Å². The van der Waals surface area contributed by atoms with Crippen LogP contribution >= 0.6 is 11.8 Å². The Morgan fingerprint density at radius 1 is 1.29 bits per heavy atom. The summed E-state index contributed by atoms with van der Waals surface area (Å²) < 4.78 is 5.23. The summed E-state index contributed by atoms with van der Waals surface area (Å²) in [6, 6.07) is 6.36. The summed E-state index contributed by atoms with van der Waals surface area (Å²) in [5.74, 6) is 2.84. The Morgan fingerprint density at radius 3 is 2.57 bits per heavy atom. The number of hydrogen-bond donors (Lipinski definition) is 0. The molecule has 0 saturated heterocycles. The van der Waals surface area contributed by atoms with E-state index in [1.807, 2.05) is 11.8 Å². The molecule has 0 radical (unpaired) electrons. The molecule has 0 N–H and O–H groups in total. The minimum absolute atomic E-state index is 0.728. The van der Waals surface area contributed by atoms with Crippen molar-refractivity contribution in [1.82, 2.24) is 0 Å². The Labute approximate surface area is 90.9 Å². The summed E-state index contributed by atoms with van der Waals surface area (Å²) >= 11 is 1.89. The Morgan fingerprint density at radius 2 is 2.00 bits per heavy atom. The molecule has 0 aliphatic heterocycles. The highest BCUT2D eigenvalue weighted by atomic mass is 32.2. The fraction of sp³-hybridized carbons (Fsp3) is 0.500. The number of benzene rings is 1. The van der Waals surface area contributed by atoms with E-state index in [4.69, 9.17) is 4.74 Å². The molecule has 14 heavy (non-hydrogen) atoms. The third-order valence-corrected chi connectivity index (χ3v) is 3.25. The molecule has 1 aromatic carbocycles. The molecule has 0 aromatic heterocycles. The van der Waals surface area contributed by atoms with Crippen LogP contribution in [0.2, 0.25) is 0 Å². The monoisotopic (exact) mass is 210 g/mol. The summed E-state index contributed by atoms with van der Waals surface area (Å²) in [4.78, 5) is 1.30. The van der Waals surface area contributed by atoms with Crippen LogP contribution in [0.15, 0.2) is 23.1 Å². The third-order valence-electron chi connectivity index (χ3n) is 1.84. The van der Waals surface area contributed by atoms with Crippen molar-refractivity contribution in [3.05, 3.63) is 23.8 Å². The second kappa shape index (κ2) is 5.30. The molecule has 0 spiro atoms. The van der Waals surface area contributed by atoms with Gasteiger partial charge in [-0.05, 0) is 36.6 Å². The van der Waals surface area contributed by atoms with Gasteiger partial charge in [0, 0.05) is 10.6 Å². The third kappa shape index (κ3) is 3.62. The molecule has 0 unspecified atom stereocenters. The van der Waals surface area contributed by atoms with E-state index in [1.54, 1.807) is 7.11 Å². The minimum Gasteiger partial charge on any atom is -0.497 e. The molecule has 0 aliphatic rings. The van der Waals surface area contributed by atoms with Crippen LogP contribution in [0.3, 0.4) is 0 Å². The van der Waals surface area contributed by atoms with E-state index in [9.17, 15) is 0 Å². The average molecular weight is 210 g/mol. The van der Waals surface area contributed by atoms with Crippen molar-refractivity contribution >= 4 is 11.8 Å². The maximum absolute atomic E-state index is 5.23. The van der Waals surface area contributed by atoms with Gasteiger partial charge in [0.2, 0.25) is 0 Å². The van der Waals surface area contributed by atoms with Crippen molar-refractivity contribution in [1.29, 1.82) is 0 Å². The Hall–Kier alpha value is -0.630. The molecule has 0 bridgehead atoms. The Kier molecular flexibility index (Phi) is 4.33. The Balaban J connectivity index is 2.71. The van der Waals surface area contributed by atoms with Crippen LogP contribution in [0.4, 0.5) is 0 Å². The molecular formula is C12H18OS. The first kappa shape index (κ1) is 11.4. The maximum Gasteiger partial charge on any atom is 0.120 e. The van der Waals surface area contributed by atoms with Gasteiger partial charge in [-0.15, -0.1) is 11.8 Å². The van der Waals surface area contributed by atoms with Crippen LogP contribution in [0, 0.1) is 12.8 Å². The molecule has 0 heterocycles. The van der Waals surface area contributed by atoms with E-state index in [1.165, 1.54) is 10.5 Å². The first-order valence-electron chi connectivity index (χ1n) is 4.90. The van der Waals surface area contributed by atoms with Gasteiger partial charge in [0.15, 0.2) is 0 Å². The highest BCUT2D eigenvalue weighted by Crippen LogP contribution is 2.26. The fourth-order valence-electron chi connectivity index (χ4n) is 1.18. The van der Waals surface area contributed by atoms with Gasteiger partial charge in [0.05, 0.1) is 7.11 Å². The molecule has 2 heteroatoms. The molecule has 0 saturated carbocycles. The lowest BCUT2D eigenvalue weighted by molar-refractivity contribution is 0.413. The molecule has 0 amide bonds. The van der Waals surface area contributed by atoms with Crippen LogP contribution in [-0.4, -0.2) is 12.9 Å². The first-order chi connectivity index (χ1) is 6.61. The van der Waals surface area contributed by atoms with E-state index in [0.717, 1.165) is 17.4 Å². The van der Waals surface area contributed by atoms with Gasteiger partial charge in [-0.1, -0.05) is 13.8 Å². The standard InChI is InChI=1S/C12H18OS/c1-9(2)8-14-12-6-10(3)5-11(7-12)13-4/h5-7,9H,8H2,1-4H3. The molecule has 0 atom stereocenters. The van der Waals surface area contributed by atoms with E-state index in [2.05, 4.69) is 39.0 Å². The lowest BCUT2D eigenvalue weighted by Gasteiger charge is -2.07. The minimum atomic E-state index is 0.728. The maximum atomic E-state index is 5.23. The van der Waals surface area contributed by atoms with Crippen molar-refractivity contribution in [2.45, 2.75) is 25.7 Å². The summed E-state index contributed by atoms with van der Waals surface area (Å²) in [6.45, 7) is 6.57.